The molecule has 0 radical (unpaired) electrons. The molecule has 5 rings (SSSR count). The summed E-state index contributed by atoms with van der Waals surface area (Å²) in [5, 5.41) is 12.6. The molecular formula is C20H24N2O3. The Morgan fingerprint density at radius 1 is 1.48 bits per heavy atom. The van der Waals surface area contributed by atoms with Crippen LogP contribution >= 0.6 is 0 Å². The maximum absolute atomic E-state index is 12.1. The SMILES string of the molecule is C=C[C@H]1CN2CC[C@H]1C[C@H]2[C@H](O)C1=c2cc(OC)ccc2=NC(=O)C1. The Labute approximate surface area is 147 Å². The van der Waals surface area contributed by atoms with E-state index in [1.54, 1.807) is 19.2 Å². The second kappa shape index (κ2) is 6.39. The summed E-state index contributed by atoms with van der Waals surface area (Å²) in [5.41, 5.74) is 0.779. The molecule has 1 amide bonds. The number of carbonyl (C=O) groups excluding carboxylic acids is 1. The Balaban J connectivity index is 1.73. The van der Waals surface area contributed by atoms with Crippen LogP contribution in [0.5, 0.6) is 5.75 Å². The molecular weight excluding hydrogens is 316 g/mol. The van der Waals surface area contributed by atoms with E-state index < -0.39 is 6.10 Å². The molecule has 132 valence electrons. The molecule has 5 nitrogen and oxygen atoms in total. The van der Waals surface area contributed by atoms with E-state index in [1.165, 1.54) is 0 Å². The predicted octanol–water partition coefficient (Wildman–Crippen LogP) is 0.653. The summed E-state index contributed by atoms with van der Waals surface area (Å²) in [6.07, 6.45) is 3.69. The zero-order valence-corrected chi connectivity index (χ0v) is 14.5. The van der Waals surface area contributed by atoms with Crippen molar-refractivity contribution >= 4 is 11.5 Å². The molecule has 4 heterocycles. The fourth-order valence-electron chi connectivity index (χ4n) is 4.63. The van der Waals surface area contributed by atoms with Gasteiger partial charge in [-0.25, -0.2) is 4.99 Å². The van der Waals surface area contributed by atoms with Crippen LogP contribution in [0.4, 0.5) is 0 Å². The molecule has 3 saturated heterocycles. The van der Waals surface area contributed by atoms with E-state index in [2.05, 4.69) is 22.5 Å². The molecule has 0 aromatic heterocycles. The van der Waals surface area contributed by atoms with Gasteiger partial charge in [-0.2, -0.15) is 0 Å². The Morgan fingerprint density at radius 3 is 3.00 bits per heavy atom. The lowest BCUT2D eigenvalue weighted by Crippen LogP contribution is -2.58. The summed E-state index contributed by atoms with van der Waals surface area (Å²) < 4.78 is 5.32. The Hall–Kier alpha value is -1.98. The van der Waals surface area contributed by atoms with Gasteiger partial charge in [0.15, 0.2) is 0 Å². The minimum atomic E-state index is -0.654. The number of piperidine rings is 3. The second-order valence-electron chi connectivity index (χ2n) is 7.28. The predicted molar refractivity (Wildman–Crippen MR) is 94.6 cm³/mol. The highest BCUT2D eigenvalue weighted by Gasteiger charge is 2.42. The Kier molecular flexibility index (Phi) is 4.21. The third kappa shape index (κ3) is 2.81. The van der Waals surface area contributed by atoms with Crippen LogP contribution in [0.25, 0.3) is 5.57 Å². The van der Waals surface area contributed by atoms with Crippen molar-refractivity contribution in [2.75, 3.05) is 20.2 Å². The number of nitrogens with zero attached hydrogens (tertiary/aromatic N) is 2. The molecule has 3 fully saturated rings. The van der Waals surface area contributed by atoms with Crippen molar-refractivity contribution in [1.82, 2.24) is 4.90 Å². The van der Waals surface area contributed by atoms with Gasteiger partial charge < -0.3 is 9.84 Å². The fraction of sp³-hybridized carbons (Fsp3) is 0.500. The highest BCUT2D eigenvalue weighted by Crippen LogP contribution is 2.39. The smallest absolute Gasteiger partial charge is 0.250 e. The summed E-state index contributed by atoms with van der Waals surface area (Å²) >= 11 is 0. The van der Waals surface area contributed by atoms with Crippen LogP contribution in [0, 0.1) is 11.8 Å². The van der Waals surface area contributed by atoms with Crippen LogP contribution in [0.1, 0.15) is 19.3 Å². The molecule has 1 N–H and O–H groups in total. The van der Waals surface area contributed by atoms with Gasteiger partial charge in [-0.3, -0.25) is 9.69 Å². The van der Waals surface area contributed by atoms with Gasteiger partial charge in [-0.15, -0.1) is 6.58 Å². The van der Waals surface area contributed by atoms with Crippen LogP contribution < -0.4 is 15.3 Å². The third-order valence-electron chi connectivity index (χ3n) is 6.01. The van der Waals surface area contributed by atoms with E-state index >= 15 is 0 Å². The van der Waals surface area contributed by atoms with Crippen LogP contribution in [0.3, 0.4) is 0 Å². The molecule has 4 aliphatic rings. The number of fused-ring (bicyclic) bond motifs is 4. The molecule has 0 aliphatic carbocycles. The molecule has 1 unspecified atom stereocenters. The molecule has 4 aliphatic heterocycles. The van der Waals surface area contributed by atoms with Gasteiger partial charge in [0, 0.05) is 17.8 Å². The van der Waals surface area contributed by atoms with Gasteiger partial charge in [-0.05, 0) is 55.0 Å². The van der Waals surface area contributed by atoms with Gasteiger partial charge in [0.1, 0.15) is 5.75 Å². The van der Waals surface area contributed by atoms with Crippen LogP contribution in [0.2, 0.25) is 0 Å². The molecule has 1 aromatic rings. The quantitative estimate of drug-likeness (QED) is 0.818. The normalized spacial score (nSPS) is 31.9. The Morgan fingerprint density at radius 2 is 2.32 bits per heavy atom. The molecule has 1 aromatic carbocycles. The average molecular weight is 340 g/mol. The van der Waals surface area contributed by atoms with E-state index in [0.717, 1.165) is 36.7 Å². The van der Waals surface area contributed by atoms with Crippen molar-refractivity contribution < 1.29 is 14.6 Å². The first kappa shape index (κ1) is 16.5. The van der Waals surface area contributed by atoms with Gasteiger partial charge in [0.05, 0.1) is 25.0 Å². The molecule has 0 spiro atoms. The van der Waals surface area contributed by atoms with Gasteiger partial charge in [0.25, 0.3) is 0 Å². The summed E-state index contributed by atoms with van der Waals surface area (Å²) in [7, 11) is 1.62. The van der Waals surface area contributed by atoms with Crippen molar-refractivity contribution in [3.8, 4) is 5.75 Å². The van der Waals surface area contributed by atoms with E-state index in [4.69, 9.17) is 4.74 Å². The number of ether oxygens (including phenoxy) is 1. The second-order valence-corrected chi connectivity index (χ2v) is 7.28. The summed E-state index contributed by atoms with van der Waals surface area (Å²) in [6, 6.07) is 5.53. The van der Waals surface area contributed by atoms with Crippen molar-refractivity contribution in [2.45, 2.75) is 31.4 Å². The number of aliphatic hydroxyl groups is 1. The monoisotopic (exact) mass is 340 g/mol. The molecule has 5 heteroatoms. The average Bonchev–Trinajstić information content (AvgIpc) is 2.66. The van der Waals surface area contributed by atoms with Crippen LogP contribution in [-0.2, 0) is 4.79 Å². The van der Waals surface area contributed by atoms with E-state index in [0.29, 0.717) is 22.9 Å². The number of amides is 1. The highest BCUT2D eigenvalue weighted by molar-refractivity contribution is 5.87. The summed E-state index contributed by atoms with van der Waals surface area (Å²) in [4.78, 5) is 18.6. The maximum atomic E-state index is 12.1. The van der Waals surface area contributed by atoms with Gasteiger partial charge >= 0.3 is 0 Å². The van der Waals surface area contributed by atoms with E-state index in [-0.39, 0.29) is 18.4 Å². The van der Waals surface area contributed by atoms with Gasteiger partial charge in [-0.1, -0.05) is 6.08 Å². The molecule has 5 atom stereocenters. The zero-order valence-electron chi connectivity index (χ0n) is 14.5. The number of rotatable bonds is 4. The maximum Gasteiger partial charge on any atom is 0.250 e. The first-order valence-electron chi connectivity index (χ1n) is 8.94. The topological polar surface area (TPSA) is 62.1 Å². The van der Waals surface area contributed by atoms with Crippen molar-refractivity contribution in [3.05, 3.63) is 41.4 Å². The number of hydrogen-bond acceptors (Lipinski definition) is 4. The highest BCUT2D eigenvalue weighted by atomic mass is 16.5. The number of aliphatic hydroxyl groups excluding tert-OH is 1. The first-order valence-corrected chi connectivity index (χ1v) is 8.94. The lowest BCUT2D eigenvalue weighted by molar-refractivity contribution is -0.117. The van der Waals surface area contributed by atoms with E-state index in [9.17, 15) is 9.90 Å². The van der Waals surface area contributed by atoms with Crippen LogP contribution in [0.15, 0.2) is 35.8 Å². The lowest BCUT2D eigenvalue weighted by Gasteiger charge is -2.50. The molecule has 25 heavy (non-hydrogen) atoms. The molecule has 0 saturated carbocycles. The van der Waals surface area contributed by atoms with E-state index in [1.807, 2.05) is 6.07 Å². The van der Waals surface area contributed by atoms with Gasteiger partial charge in [0.2, 0.25) is 5.91 Å². The largest absolute Gasteiger partial charge is 0.497 e. The fourth-order valence-corrected chi connectivity index (χ4v) is 4.63. The summed E-state index contributed by atoms with van der Waals surface area (Å²) in [6.45, 7) is 5.91. The minimum absolute atomic E-state index is 0.0647. The van der Waals surface area contributed by atoms with Crippen molar-refractivity contribution in [1.29, 1.82) is 0 Å². The first-order chi connectivity index (χ1) is 12.1. The minimum Gasteiger partial charge on any atom is -0.497 e. The number of carbonyl (C=O) groups is 1. The standard InChI is InChI=1S/C20H24N2O3/c1-3-12-11-22-7-6-13(12)8-18(22)20(24)16-10-19(23)21-17-5-4-14(25-2)9-15(16)17/h3-5,9,12-13,18,20,24H,1,6-8,10-11H2,2H3/t12-,13-,18-,20+/m0/s1. The zero-order chi connectivity index (χ0) is 17.6. The number of hydrogen-bond donors (Lipinski definition) is 1. The number of benzene rings is 1. The number of methoxy groups -OCH3 is 1. The lowest BCUT2D eigenvalue weighted by atomic mass is 9.73. The Bertz CT molecular complexity index is 832. The third-order valence-corrected chi connectivity index (χ3v) is 6.01. The van der Waals surface area contributed by atoms with Crippen molar-refractivity contribution in [3.63, 3.8) is 0 Å². The van der Waals surface area contributed by atoms with Crippen molar-refractivity contribution in [2.24, 2.45) is 16.8 Å². The molecule has 2 bridgehead atoms. The summed E-state index contributed by atoms with van der Waals surface area (Å²) in [5.74, 6) is 1.62. The van der Waals surface area contributed by atoms with Crippen LogP contribution in [-0.4, -0.2) is 48.3 Å².